The smallest absolute Gasteiger partial charge is 0.324 e. The number of nitrogens with one attached hydrogen (secondary N) is 2. The number of rotatable bonds is 5. The van der Waals surface area contributed by atoms with Gasteiger partial charge >= 0.3 is 6.18 Å². The molecule has 190 valence electrons. The first-order valence-corrected chi connectivity index (χ1v) is 12.0. The highest BCUT2D eigenvalue weighted by Crippen LogP contribution is 2.41. The van der Waals surface area contributed by atoms with Gasteiger partial charge < -0.3 is 10.6 Å². The van der Waals surface area contributed by atoms with Gasteiger partial charge in [0.05, 0.1) is 23.8 Å². The van der Waals surface area contributed by atoms with Crippen LogP contribution < -0.4 is 10.6 Å². The molecule has 1 fully saturated rings. The quantitative estimate of drug-likeness (QED) is 0.418. The van der Waals surface area contributed by atoms with Crippen LogP contribution in [0.3, 0.4) is 0 Å². The first-order chi connectivity index (χ1) is 17.6. The molecule has 2 aromatic heterocycles. The maximum atomic E-state index is 13.3. The SMILES string of the molecule is CC1=C(C(=O)Nc2ccc(C(F)(F)F)nc2)c2cc(-c3cncc(NC(=O)C4CC4)c3)ccc2[C@@H](C)C1. The van der Waals surface area contributed by atoms with Gasteiger partial charge in [-0.3, -0.25) is 14.6 Å². The van der Waals surface area contributed by atoms with Crippen molar-refractivity contribution in [2.75, 3.05) is 10.6 Å². The van der Waals surface area contributed by atoms with E-state index in [-0.39, 0.29) is 23.4 Å². The zero-order chi connectivity index (χ0) is 26.3. The minimum atomic E-state index is -4.55. The van der Waals surface area contributed by atoms with E-state index in [1.54, 1.807) is 12.4 Å². The summed E-state index contributed by atoms with van der Waals surface area (Å²) in [4.78, 5) is 33.2. The molecule has 0 aliphatic heterocycles. The molecule has 1 saturated carbocycles. The molecular weight excluding hydrogens is 481 g/mol. The second kappa shape index (κ2) is 9.46. The van der Waals surface area contributed by atoms with E-state index in [1.807, 2.05) is 31.2 Å². The van der Waals surface area contributed by atoms with Crippen molar-refractivity contribution in [3.63, 3.8) is 0 Å². The lowest BCUT2D eigenvalue weighted by Crippen LogP contribution is -2.20. The first kappa shape index (κ1) is 24.7. The summed E-state index contributed by atoms with van der Waals surface area (Å²) in [5.41, 5.74) is 4.54. The van der Waals surface area contributed by atoms with Crippen LogP contribution in [-0.2, 0) is 15.8 Å². The summed E-state index contributed by atoms with van der Waals surface area (Å²) in [5.74, 6) is -0.153. The normalized spacial score (nSPS) is 17.3. The van der Waals surface area contributed by atoms with Gasteiger partial charge in [-0.15, -0.1) is 0 Å². The van der Waals surface area contributed by atoms with E-state index in [2.05, 4.69) is 27.5 Å². The van der Waals surface area contributed by atoms with Gasteiger partial charge in [-0.2, -0.15) is 13.2 Å². The van der Waals surface area contributed by atoms with Gasteiger partial charge in [0.25, 0.3) is 5.91 Å². The number of fused-ring (bicyclic) bond motifs is 1. The summed E-state index contributed by atoms with van der Waals surface area (Å²) in [6.45, 7) is 3.98. The van der Waals surface area contributed by atoms with Crippen LogP contribution in [0, 0.1) is 5.92 Å². The summed E-state index contributed by atoms with van der Waals surface area (Å²) in [6, 6.07) is 9.77. The van der Waals surface area contributed by atoms with E-state index in [9.17, 15) is 22.8 Å². The molecule has 2 aliphatic rings. The predicted octanol–water partition coefficient (Wildman–Crippen LogP) is 6.43. The van der Waals surface area contributed by atoms with Gasteiger partial charge in [-0.05, 0) is 73.1 Å². The van der Waals surface area contributed by atoms with Crippen molar-refractivity contribution in [2.24, 2.45) is 5.92 Å². The molecule has 9 heteroatoms. The van der Waals surface area contributed by atoms with E-state index in [0.29, 0.717) is 17.7 Å². The third-order valence-electron chi connectivity index (χ3n) is 6.72. The van der Waals surface area contributed by atoms with Gasteiger partial charge in [0, 0.05) is 23.3 Å². The van der Waals surface area contributed by atoms with Gasteiger partial charge in [0.2, 0.25) is 5.91 Å². The number of hydrogen-bond acceptors (Lipinski definition) is 4. The zero-order valence-corrected chi connectivity index (χ0v) is 20.3. The average molecular weight is 507 g/mol. The fourth-order valence-electron chi connectivity index (χ4n) is 4.68. The molecule has 0 spiro atoms. The standard InChI is InChI=1S/C28H25F3N4O2/c1-15-9-16(2)25(27(37)34-20-6-8-24(33-14-20)28(29,30)31)23-11-18(5-7-22(15)23)19-10-21(13-32-12-19)35-26(36)17-3-4-17/h5-8,10-15,17H,3-4,9H2,1-2H3,(H,34,37)(H,35,36)/t15-/m0/s1. The monoisotopic (exact) mass is 506 g/mol. The molecule has 2 N–H and O–H groups in total. The second-order valence-corrected chi connectivity index (χ2v) is 9.67. The van der Waals surface area contributed by atoms with Crippen LogP contribution in [-0.4, -0.2) is 21.8 Å². The molecular formula is C28H25F3N4O2. The Hall–Kier alpha value is -4.01. The molecule has 6 nitrogen and oxygen atoms in total. The topological polar surface area (TPSA) is 84.0 Å². The van der Waals surface area contributed by atoms with E-state index in [0.717, 1.165) is 52.9 Å². The number of aromatic nitrogens is 2. The Morgan fingerprint density at radius 2 is 1.73 bits per heavy atom. The lowest BCUT2D eigenvalue weighted by molar-refractivity contribution is -0.141. The predicted molar refractivity (Wildman–Crippen MR) is 135 cm³/mol. The number of nitrogens with zero attached hydrogens (tertiary/aromatic N) is 2. The number of allylic oxidation sites excluding steroid dienone is 1. The van der Waals surface area contributed by atoms with Crippen LogP contribution in [0.15, 0.2) is 60.6 Å². The van der Waals surface area contributed by atoms with Crippen LogP contribution >= 0.6 is 0 Å². The summed E-state index contributed by atoms with van der Waals surface area (Å²) < 4.78 is 38.5. The minimum Gasteiger partial charge on any atom is -0.324 e. The lowest BCUT2D eigenvalue weighted by Gasteiger charge is -2.27. The lowest BCUT2D eigenvalue weighted by atomic mass is 9.78. The van der Waals surface area contributed by atoms with Gasteiger partial charge in [-0.1, -0.05) is 24.6 Å². The third-order valence-corrected chi connectivity index (χ3v) is 6.72. The van der Waals surface area contributed by atoms with Gasteiger partial charge in [0.15, 0.2) is 0 Å². The largest absolute Gasteiger partial charge is 0.433 e. The van der Waals surface area contributed by atoms with E-state index in [1.165, 1.54) is 6.07 Å². The van der Waals surface area contributed by atoms with Crippen LogP contribution in [0.25, 0.3) is 16.7 Å². The summed E-state index contributed by atoms with van der Waals surface area (Å²) in [6.07, 6.45) is 2.25. The Balaban J connectivity index is 1.44. The number of benzene rings is 1. The molecule has 3 aromatic rings. The molecule has 0 bridgehead atoms. The van der Waals surface area contributed by atoms with Gasteiger partial charge in [0.1, 0.15) is 5.69 Å². The van der Waals surface area contributed by atoms with Crippen LogP contribution in [0.4, 0.5) is 24.5 Å². The van der Waals surface area contributed by atoms with Gasteiger partial charge in [-0.25, -0.2) is 4.98 Å². The van der Waals surface area contributed by atoms with Crippen molar-refractivity contribution in [1.29, 1.82) is 0 Å². The number of halogens is 3. The van der Waals surface area contributed by atoms with Crippen molar-refractivity contribution >= 4 is 28.8 Å². The Morgan fingerprint density at radius 1 is 0.946 bits per heavy atom. The van der Waals surface area contributed by atoms with Crippen LogP contribution in [0.1, 0.15) is 55.8 Å². The van der Waals surface area contributed by atoms with Crippen molar-refractivity contribution in [2.45, 2.75) is 45.2 Å². The van der Waals surface area contributed by atoms with Crippen molar-refractivity contribution in [3.05, 3.63) is 77.4 Å². The molecule has 0 unspecified atom stereocenters. The Bertz CT molecular complexity index is 1410. The fourth-order valence-corrected chi connectivity index (χ4v) is 4.68. The highest BCUT2D eigenvalue weighted by molar-refractivity contribution is 6.26. The average Bonchev–Trinajstić information content (AvgIpc) is 3.69. The molecule has 0 saturated heterocycles. The molecule has 2 amide bonds. The molecule has 37 heavy (non-hydrogen) atoms. The fraction of sp³-hybridized carbons (Fsp3) is 0.286. The molecule has 1 atom stereocenters. The maximum Gasteiger partial charge on any atom is 0.433 e. The number of pyridine rings is 2. The maximum absolute atomic E-state index is 13.3. The van der Waals surface area contributed by atoms with Crippen molar-refractivity contribution < 1.29 is 22.8 Å². The molecule has 1 aromatic carbocycles. The Kier molecular flexibility index (Phi) is 6.31. The van der Waals surface area contributed by atoms with Crippen molar-refractivity contribution in [3.8, 4) is 11.1 Å². The van der Waals surface area contributed by atoms with Crippen molar-refractivity contribution in [1.82, 2.24) is 9.97 Å². The molecule has 5 rings (SSSR count). The molecule has 0 radical (unpaired) electrons. The Labute approximate surface area is 212 Å². The second-order valence-electron chi connectivity index (χ2n) is 9.67. The highest BCUT2D eigenvalue weighted by Gasteiger charge is 2.32. The molecule has 2 aliphatic carbocycles. The summed E-state index contributed by atoms with van der Waals surface area (Å²) in [5, 5.41) is 5.60. The zero-order valence-electron chi connectivity index (χ0n) is 20.3. The number of amides is 2. The summed E-state index contributed by atoms with van der Waals surface area (Å²) >= 11 is 0. The third kappa shape index (κ3) is 5.26. The number of carbonyl (C=O) groups excluding carboxylic acids is 2. The van der Waals surface area contributed by atoms with E-state index >= 15 is 0 Å². The highest BCUT2D eigenvalue weighted by atomic mass is 19.4. The number of anilines is 2. The van der Waals surface area contributed by atoms with E-state index < -0.39 is 17.8 Å². The Morgan fingerprint density at radius 3 is 2.41 bits per heavy atom. The number of carbonyl (C=O) groups is 2. The van der Waals surface area contributed by atoms with E-state index in [4.69, 9.17) is 0 Å². The number of alkyl halides is 3. The van der Waals surface area contributed by atoms with Crippen LogP contribution in [0.2, 0.25) is 0 Å². The van der Waals surface area contributed by atoms with Crippen LogP contribution in [0.5, 0.6) is 0 Å². The molecule has 2 heterocycles. The summed E-state index contributed by atoms with van der Waals surface area (Å²) in [7, 11) is 0. The number of hydrogen-bond donors (Lipinski definition) is 2. The minimum absolute atomic E-state index is 0.00603. The first-order valence-electron chi connectivity index (χ1n) is 12.0.